The van der Waals surface area contributed by atoms with Crippen molar-refractivity contribution < 1.29 is 0 Å². The molecule has 1 saturated carbocycles. The van der Waals surface area contributed by atoms with Crippen LogP contribution in [-0.2, 0) is 21.7 Å². The summed E-state index contributed by atoms with van der Waals surface area (Å²) in [5, 5.41) is 1.36. The van der Waals surface area contributed by atoms with E-state index in [4.69, 9.17) is 0 Å². The van der Waals surface area contributed by atoms with Crippen molar-refractivity contribution >= 4 is 72.3 Å². The number of nitrogens with zero attached hydrogens (tertiary/aromatic N) is 2. The number of thiophene rings is 1. The van der Waals surface area contributed by atoms with Gasteiger partial charge in [0, 0.05) is 42.9 Å². The molecule has 4 heterocycles. The van der Waals surface area contributed by atoms with E-state index in [9.17, 15) is 0 Å². The Morgan fingerprint density at radius 3 is 1.98 bits per heavy atom. The Hall–Kier alpha value is -4.28. The SMILES string of the molecule is Cc1cc2c3c(c1)N1c4c(cc(C(C)(C)C)cc4C4(C)CCCCC14C)B3c1sc3cc(C(C)(C)C)ccc3c1N2c1ccc(C(C)(C)C)cc1-c1ccccc1. The van der Waals surface area contributed by atoms with Crippen molar-refractivity contribution in [2.24, 2.45) is 0 Å². The molecule has 1 aliphatic carbocycles. The predicted octanol–water partition coefficient (Wildman–Crippen LogP) is 13.1. The molecule has 0 radical (unpaired) electrons. The van der Waals surface area contributed by atoms with Crippen molar-refractivity contribution in [2.75, 3.05) is 9.80 Å². The van der Waals surface area contributed by atoms with Crippen LogP contribution in [-0.4, -0.2) is 12.3 Å². The molecule has 5 aromatic carbocycles. The molecular formula is C53H59BN2S. The fraction of sp³-hybridized carbons (Fsp3) is 0.396. The van der Waals surface area contributed by atoms with Crippen LogP contribution in [0.15, 0.2) is 91.0 Å². The Labute approximate surface area is 346 Å². The number of hydrogen-bond acceptors (Lipinski definition) is 3. The lowest BCUT2D eigenvalue weighted by atomic mass is 9.36. The van der Waals surface area contributed by atoms with Crippen LogP contribution in [0.1, 0.15) is 130 Å². The molecule has 290 valence electrons. The van der Waals surface area contributed by atoms with Crippen molar-refractivity contribution in [3.05, 3.63) is 119 Å². The molecule has 57 heavy (non-hydrogen) atoms. The molecule has 4 heteroatoms. The summed E-state index contributed by atoms with van der Waals surface area (Å²) in [6.07, 6.45) is 5.00. The number of benzene rings is 5. The monoisotopic (exact) mass is 766 g/mol. The summed E-state index contributed by atoms with van der Waals surface area (Å²) in [5.74, 6) is 0. The van der Waals surface area contributed by atoms with Crippen LogP contribution in [0.3, 0.4) is 0 Å². The molecule has 2 atom stereocenters. The van der Waals surface area contributed by atoms with Gasteiger partial charge in [0.2, 0.25) is 0 Å². The van der Waals surface area contributed by atoms with E-state index in [2.05, 4.69) is 184 Å². The van der Waals surface area contributed by atoms with Crippen LogP contribution >= 0.6 is 11.3 Å². The van der Waals surface area contributed by atoms with Crippen LogP contribution in [0.4, 0.5) is 28.4 Å². The normalized spacial score (nSPS) is 21.1. The quantitative estimate of drug-likeness (QED) is 0.162. The summed E-state index contributed by atoms with van der Waals surface area (Å²) in [7, 11) is 0. The first-order valence-electron chi connectivity index (χ1n) is 21.5. The van der Waals surface area contributed by atoms with Gasteiger partial charge in [-0.1, -0.05) is 143 Å². The molecule has 0 bridgehead atoms. The average Bonchev–Trinajstić information content (AvgIpc) is 3.62. The largest absolute Gasteiger partial charge is 0.335 e. The highest BCUT2D eigenvalue weighted by molar-refractivity contribution is 7.33. The number of anilines is 5. The average molecular weight is 767 g/mol. The molecule has 4 aliphatic rings. The topological polar surface area (TPSA) is 6.48 Å². The van der Waals surface area contributed by atoms with Gasteiger partial charge in [0.1, 0.15) is 0 Å². The summed E-state index contributed by atoms with van der Waals surface area (Å²) in [5.41, 5.74) is 19.7. The van der Waals surface area contributed by atoms with E-state index in [0.29, 0.717) is 0 Å². The van der Waals surface area contributed by atoms with Crippen molar-refractivity contribution in [1.29, 1.82) is 0 Å². The molecule has 10 rings (SSSR count). The summed E-state index contributed by atoms with van der Waals surface area (Å²) >= 11 is 2.05. The first-order valence-corrected chi connectivity index (χ1v) is 22.3. The minimum atomic E-state index is -0.0121. The Morgan fingerprint density at radius 1 is 0.632 bits per heavy atom. The van der Waals surface area contributed by atoms with Gasteiger partial charge in [-0.15, -0.1) is 11.3 Å². The number of aryl methyl sites for hydroxylation is 1. The number of rotatable bonds is 2. The van der Waals surface area contributed by atoms with Crippen molar-refractivity contribution in [3.8, 4) is 11.1 Å². The molecule has 0 spiro atoms. The highest BCUT2D eigenvalue weighted by Gasteiger charge is 2.62. The maximum absolute atomic E-state index is 2.89. The van der Waals surface area contributed by atoms with Crippen LogP contribution in [0.2, 0.25) is 0 Å². The van der Waals surface area contributed by atoms with Gasteiger partial charge in [-0.3, -0.25) is 0 Å². The van der Waals surface area contributed by atoms with E-state index in [1.807, 2.05) is 11.3 Å². The molecular weight excluding hydrogens is 707 g/mol. The first kappa shape index (κ1) is 37.0. The van der Waals surface area contributed by atoms with E-state index in [1.54, 1.807) is 5.56 Å². The van der Waals surface area contributed by atoms with Crippen LogP contribution < -0.4 is 25.5 Å². The summed E-state index contributed by atoms with van der Waals surface area (Å²) in [6, 6.07) is 36.2. The summed E-state index contributed by atoms with van der Waals surface area (Å²) in [6.45, 7) is 29.0. The van der Waals surface area contributed by atoms with E-state index in [1.165, 1.54) is 113 Å². The second-order valence-electron chi connectivity index (χ2n) is 21.5. The molecule has 1 aromatic heterocycles. The molecule has 0 amide bonds. The number of hydrogen-bond donors (Lipinski definition) is 0. The maximum atomic E-state index is 2.89. The van der Waals surface area contributed by atoms with Crippen molar-refractivity contribution in [2.45, 2.75) is 136 Å². The second-order valence-corrected chi connectivity index (χ2v) is 22.6. The van der Waals surface area contributed by atoms with Crippen LogP contribution in [0.5, 0.6) is 0 Å². The van der Waals surface area contributed by atoms with E-state index in [-0.39, 0.29) is 33.9 Å². The van der Waals surface area contributed by atoms with Gasteiger partial charge in [-0.25, -0.2) is 0 Å². The predicted molar refractivity (Wildman–Crippen MR) is 250 cm³/mol. The molecule has 0 N–H and O–H groups in total. The standard InChI is InChI=1S/C53H59BN2S/c1-32-26-42-45-43(27-32)56-47-39(52(11)24-16-17-25-53(52,56)12)29-36(51(8,9)10)30-40(47)54(45)48-46(37-22-20-35(50(5,6)7)31-44(37)57-48)55(42)41-23-21-34(49(2,3)4)28-38(41)33-18-14-13-15-19-33/h13-15,18-23,26-31H,16-17,24-25H2,1-12H3. The fourth-order valence-corrected chi connectivity index (χ4v) is 12.5. The maximum Gasteiger partial charge on any atom is 0.264 e. The Balaban J connectivity index is 1.36. The zero-order valence-corrected chi connectivity index (χ0v) is 37.2. The van der Waals surface area contributed by atoms with E-state index < -0.39 is 0 Å². The highest BCUT2D eigenvalue weighted by atomic mass is 32.1. The highest BCUT2D eigenvalue weighted by Crippen LogP contribution is 2.62. The van der Waals surface area contributed by atoms with Gasteiger partial charge in [-0.2, -0.15) is 0 Å². The second kappa shape index (κ2) is 11.9. The Kier molecular flexibility index (Phi) is 7.73. The zero-order chi connectivity index (χ0) is 40.2. The van der Waals surface area contributed by atoms with Gasteiger partial charge in [0.05, 0.1) is 16.9 Å². The Bertz CT molecular complexity index is 2650. The fourth-order valence-electron chi connectivity index (χ4n) is 11.2. The lowest BCUT2D eigenvalue weighted by Crippen LogP contribution is -2.64. The smallest absolute Gasteiger partial charge is 0.264 e. The lowest BCUT2D eigenvalue weighted by molar-refractivity contribution is 0.195. The molecule has 2 unspecified atom stereocenters. The van der Waals surface area contributed by atoms with Gasteiger partial charge in [0.25, 0.3) is 6.71 Å². The summed E-state index contributed by atoms with van der Waals surface area (Å²) in [4.78, 5) is 5.60. The van der Waals surface area contributed by atoms with Gasteiger partial charge >= 0.3 is 0 Å². The van der Waals surface area contributed by atoms with Crippen LogP contribution in [0.25, 0.3) is 21.2 Å². The summed E-state index contributed by atoms with van der Waals surface area (Å²) < 4.78 is 2.86. The third kappa shape index (κ3) is 5.14. The third-order valence-electron chi connectivity index (χ3n) is 14.7. The molecule has 0 saturated heterocycles. The molecule has 6 aromatic rings. The number of fused-ring (bicyclic) bond motifs is 9. The van der Waals surface area contributed by atoms with Gasteiger partial charge in [-0.05, 0) is 118 Å². The minimum absolute atomic E-state index is 0.0121. The first-order chi connectivity index (χ1) is 26.8. The molecule has 3 aliphatic heterocycles. The van der Waals surface area contributed by atoms with Gasteiger partial charge < -0.3 is 9.80 Å². The molecule has 1 fully saturated rings. The van der Waals surface area contributed by atoms with Gasteiger partial charge in [0.15, 0.2) is 0 Å². The third-order valence-corrected chi connectivity index (χ3v) is 15.9. The van der Waals surface area contributed by atoms with Crippen molar-refractivity contribution in [1.82, 2.24) is 0 Å². The van der Waals surface area contributed by atoms with Crippen LogP contribution in [0, 0.1) is 6.92 Å². The lowest BCUT2D eigenvalue weighted by Gasteiger charge is -2.52. The molecule has 2 nitrogen and oxygen atoms in total. The minimum Gasteiger partial charge on any atom is -0.335 e. The van der Waals surface area contributed by atoms with E-state index >= 15 is 0 Å². The zero-order valence-electron chi connectivity index (χ0n) is 36.4. The van der Waals surface area contributed by atoms with Crippen molar-refractivity contribution in [3.63, 3.8) is 0 Å². The van der Waals surface area contributed by atoms with E-state index in [0.717, 1.165) is 0 Å². The Morgan fingerprint density at radius 2 is 1.28 bits per heavy atom.